The molecule has 0 aliphatic carbocycles. The first-order valence-corrected chi connectivity index (χ1v) is 8.58. The minimum atomic E-state index is 0.498. The van der Waals surface area contributed by atoms with Crippen molar-refractivity contribution in [2.24, 2.45) is 5.92 Å². The monoisotopic (exact) mass is 287 g/mol. The van der Waals surface area contributed by atoms with Crippen LogP contribution in [0, 0.1) is 5.92 Å². The van der Waals surface area contributed by atoms with Gasteiger partial charge < -0.3 is 15.1 Å². The Bertz CT molecular complexity index is 420. The van der Waals surface area contributed by atoms with Crippen molar-refractivity contribution >= 4 is 0 Å². The van der Waals surface area contributed by atoms with Gasteiger partial charge in [0.1, 0.15) is 0 Å². The minimum absolute atomic E-state index is 0.498. The van der Waals surface area contributed by atoms with Crippen molar-refractivity contribution < 1.29 is 0 Å². The summed E-state index contributed by atoms with van der Waals surface area (Å²) >= 11 is 0. The van der Waals surface area contributed by atoms with Crippen molar-refractivity contribution in [1.82, 2.24) is 15.1 Å². The Morgan fingerprint density at radius 2 is 1.95 bits per heavy atom. The highest BCUT2D eigenvalue weighted by Gasteiger charge is 2.25. The summed E-state index contributed by atoms with van der Waals surface area (Å²) in [5, 5.41) is 3.72. The lowest BCUT2D eigenvalue weighted by Gasteiger charge is -2.27. The normalized spacial score (nSPS) is 28.6. The number of likely N-dealkylation sites (tertiary alicyclic amines) is 1. The van der Waals surface area contributed by atoms with Gasteiger partial charge in [0.15, 0.2) is 0 Å². The van der Waals surface area contributed by atoms with Crippen molar-refractivity contribution in [1.29, 1.82) is 0 Å². The number of nitrogens with one attached hydrogen (secondary N) is 1. The molecule has 0 radical (unpaired) electrons. The van der Waals surface area contributed by atoms with Crippen LogP contribution in [0.1, 0.15) is 31.4 Å². The lowest BCUT2D eigenvalue weighted by molar-refractivity contribution is 0.224. The van der Waals surface area contributed by atoms with E-state index in [2.05, 4.69) is 52.4 Å². The average Bonchev–Trinajstić information content (AvgIpc) is 2.85. The summed E-state index contributed by atoms with van der Waals surface area (Å²) in [6.07, 6.45) is 2.65. The van der Waals surface area contributed by atoms with Gasteiger partial charge in [0.2, 0.25) is 0 Å². The first-order chi connectivity index (χ1) is 10.3. The van der Waals surface area contributed by atoms with E-state index in [1.54, 1.807) is 0 Å². The predicted octanol–water partition coefficient (Wildman–Crippen LogP) is 2.36. The quantitative estimate of drug-likeness (QED) is 0.917. The third-order valence-electron chi connectivity index (χ3n) is 5.02. The highest BCUT2D eigenvalue weighted by atomic mass is 15.2. The summed E-state index contributed by atoms with van der Waals surface area (Å²) in [6.45, 7) is 10.9. The van der Waals surface area contributed by atoms with Crippen molar-refractivity contribution in [2.45, 2.75) is 25.8 Å². The van der Waals surface area contributed by atoms with Crippen LogP contribution in [0.4, 0.5) is 0 Å². The summed E-state index contributed by atoms with van der Waals surface area (Å²) in [6, 6.07) is 11.4. The molecule has 2 aliphatic rings. The van der Waals surface area contributed by atoms with Gasteiger partial charge in [0, 0.05) is 25.7 Å². The molecular formula is C18H29N3. The van der Waals surface area contributed by atoms with Crippen LogP contribution in [0.15, 0.2) is 30.3 Å². The number of rotatable bonds is 4. The van der Waals surface area contributed by atoms with Crippen molar-refractivity contribution in [3.8, 4) is 0 Å². The SMILES string of the molecule is CCN1CCC(CN2CCCNC(c3ccccc3)C2)C1. The van der Waals surface area contributed by atoms with E-state index >= 15 is 0 Å². The molecule has 1 aromatic carbocycles. The van der Waals surface area contributed by atoms with Crippen molar-refractivity contribution in [3.05, 3.63) is 35.9 Å². The molecule has 2 fully saturated rings. The zero-order chi connectivity index (χ0) is 14.5. The zero-order valence-electron chi connectivity index (χ0n) is 13.3. The summed E-state index contributed by atoms with van der Waals surface area (Å²) in [4.78, 5) is 5.29. The smallest absolute Gasteiger partial charge is 0.0449 e. The number of hydrogen-bond acceptors (Lipinski definition) is 3. The van der Waals surface area contributed by atoms with Crippen LogP contribution in [-0.4, -0.2) is 55.6 Å². The van der Waals surface area contributed by atoms with Gasteiger partial charge in [0.05, 0.1) is 0 Å². The van der Waals surface area contributed by atoms with Crippen LogP contribution in [0.5, 0.6) is 0 Å². The van der Waals surface area contributed by atoms with Crippen LogP contribution in [0.2, 0.25) is 0 Å². The summed E-state index contributed by atoms with van der Waals surface area (Å²) in [7, 11) is 0. The van der Waals surface area contributed by atoms with Gasteiger partial charge in [-0.1, -0.05) is 37.3 Å². The maximum Gasteiger partial charge on any atom is 0.0449 e. The summed E-state index contributed by atoms with van der Waals surface area (Å²) in [5.41, 5.74) is 1.44. The van der Waals surface area contributed by atoms with Crippen LogP contribution in [0.25, 0.3) is 0 Å². The highest BCUT2D eigenvalue weighted by Crippen LogP contribution is 2.21. The maximum atomic E-state index is 3.72. The first-order valence-electron chi connectivity index (χ1n) is 8.58. The van der Waals surface area contributed by atoms with Gasteiger partial charge in [-0.2, -0.15) is 0 Å². The second-order valence-corrected chi connectivity index (χ2v) is 6.58. The Hall–Kier alpha value is -0.900. The Morgan fingerprint density at radius 1 is 1.10 bits per heavy atom. The molecule has 0 aromatic heterocycles. The molecule has 3 rings (SSSR count). The van der Waals surface area contributed by atoms with E-state index in [1.807, 2.05) is 0 Å². The van der Waals surface area contributed by atoms with E-state index in [4.69, 9.17) is 0 Å². The van der Waals surface area contributed by atoms with Gasteiger partial charge >= 0.3 is 0 Å². The largest absolute Gasteiger partial charge is 0.309 e. The fraction of sp³-hybridized carbons (Fsp3) is 0.667. The van der Waals surface area contributed by atoms with Crippen LogP contribution in [-0.2, 0) is 0 Å². The second kappa shape index (κ2) is 7.39. The number of nitrogens with zero attached hydrogens (tertiary/aromatic N) is 2. The fourth-order valence-electron chi connectivity index (χ4n) is 3.78. The van der Waals surface area contributed by atoms with E-state index in [-0.39, 0.29) is 0 Å². The molecule has 3 nitrogen and oxygen atoms in total. The van der Waals surface area contributed by atoms with Crippen LogP contribution < -0.4 is 5.32 Å². The fourth-order valence-corrected chi connectivity index (χ4v) is 3.78. The lowest BCUT2D eigenvalue weighted by Crippen LogP contribution is -2.35. The lowest BCUT2D eigenvalue weighted by atomic mass is 10.1. The van der Waals surface area contributed by atoms with Crippen molar-refractivity contribution in [3.63, 3.8) is 0 Å². The van der Waals surface area contributed by atoms with Gasteiger partial charge in [0.25, 0.3) is 0 Å². The van der Waals surface area contributed by atoms with Crippen LogP contribution in [0.3, 0.4) is 0 Å². The van der Waals surface area contributed by atoms with Crippen LogP contribution >= 0.6 is 0 Å². The average molecular weight is 287 g/mol. The van der Waals surface area contributed by atoms with Gasteiger partial charge in [-0.3, -0.25) is 0 Å². The van der Waals surface area contributed by atoms with E-state index in [1.165, 1.54) is 51.1 Å². The minimum Gasteiger partial charge on any atom is -0.309 e. The van der Waals surface area contributed by atoms with Gasteiger partial charge in [-0.25, -0.2) is 0 Å². The molecule has 0 amide bonds. The summed E-state index contributed by atoms with van der Waals surface area (Å²) < 4.78 is 0. The zero-order valence-corrected chi connectivity index (χ0v) is 13.3. The first kappa shape index (κ1) is 15.0. The number of hydrogen-bond donors (Lipinski definition) is 1. The summed E-state index contributed by atoms with van der Waals surface area (Å²) in [5.74, 6) is 0.875. The maximum absolute atomic E-state index is 3.72. The molecule has 2 aliphatic heterocycles. The van der Waals surface area contributed by atoms with E-state index in [9.17, 15) is 0 Å². The van der Waals surface area contributed by atoms with E-state index in [0.717, 1.165) is 19.0 Å². The topological polar surface area (TPSA) is 18.5 Å². The molecule has 0 saturated carbocycles. The molecule has 2 unspecified atom stereocenters. The molecule has 2 atom stereocenters. The molecule has 21 heavy (non-hydrogen) atoms. The third kappa shape index (κ3) is 4.06. The predicted molar refractivity (Wildman–Crippen MR) is 88.5 cm³/mol. The number of benzene rings is 1. The Kier molecular flexibility index (Phi) is 5.28. The van der Waals surface area contributed by atoms with Gasteiger partial charge in [-0.05, 0) is 50.5 Å². The molecule has 3 heteroatoms. The standard InChI is InChI=1S/C18H29N3/c1-2-20-12-9-16(13-20)14-21-11-6-10-19-18(15-21)17-7-4-3-5-8-17/h3-5,7-8,16,18-19H,2,6,9-15H2,1H3. The Balaban J connectivity index is 1.58. The molecular weight excluding hydrogens is 258 g/mol. The molecule has 1 N–H and O–H groups in total. The molecule has 0 spiro atoms. The Labute approximate surface area is 129 Å². The van der Waals surface area contributed by atoms with Crippen molar-refractivity contribution in [2.75, 3.05) is 45.8 Å². The van der Waals surface area contributed by atoms with Gasteiger partial charge in [-0.15, -0.1) is 0 Å². The van der Waals surface area contributed by atoms with E-state index in [0.29, 0.717) is 6.04 Å². The Morgan fingerprint density at radius 3 is 2.71 bits per heavy atom. The second-order valence-electron chi connectivity index (χ2n) is 6.58. The highest BCUT2D eigenvalue weighted by molar-refractivity contribution is 5.19. The molecule has 1 aromatic rings. The third-order valence-corrected chi connectivity index (χ3v) is 5.02. The molecule has 2 heterocycles. The molecule has 2 saturated heterocycles. The molecule has 116 valence electrons. The van der Waals surface area contributed by atoms with E-state index < -0.39 is 0 Å². The molecule has 0 bridgehead atoms.